The summed E-state index contributed by atoms with van der Waals surface area (Å²) >= 11 is 0. The van der Waals surface area contributed by atoms with Crippen LogP contribution in [0.3, 0.4) is 0 Å². The summed E-state index contributed by atoms with van der Waals surface area (Å²) in [5.74, 6) is 0.794. The average Bonchev–Trinajstić information content (AvgIpc) is 3.68. The molecule has 0 saturated heterocycles. The lowest BCUT2D eigenvalue weighted by Gasteiger charge is -2.21. The van der Waals surface area contributed by atoms with Crippen molar-refractivity contribution in [3.63, 3.8) is 0 Å². The zero-order chi connectivity index (χ0) is 33.1. The number of aromatic nitrogens is 3. The minimum atomic E-state index is -2.06. The van der Waals surface area contributed by atoms with Gasteiger partial charge in [0, 0.05) is 43.9 Å². The van der Waals surface area contributed by atoms with Gasteiger partial charge in [0.1, 0.15) is 8.07 Å². The van der Waals surface area contributed by atoms with E-state index >= 15 is 0 Å². The minimum absolute atomic E-state index is 0.0807. The van der Waals surface area contributed by atoms with Gasteiger partial charge in [-0.2, -0.15) is 0 Å². The van der Waals surface area contributed by atoms with Crippen molar-refractivity contribution in [2.24, 2.45) is 0 Å². The molecule has 2 aliphatic rings. The van der Waals surface area contributed by atoms with Crippen LogP contribution in [0.15, 0.2) is 140 Å². The number of fused-ring (bicyclic) bond motifs is 9. The zero-order valence-corrected chi connectivity index (χ0v) is 29.1. The van der Waals surface area contributed by atoms with E-state index < -0.39 is 8.07 Å². The van der Waals surface area contributed by atoms with Crippen LogP contribution in [0.25, 0.3) is 72.4 Å². The van der Waals surface area contributed by atoms with Gasteiger partial charge >= 0.3 is 0 Å². The van der Waals surface area contributed by atoms with Crippen LogP contribution in [0.4, 0.5) is 0 Å². The van der Waals surface area contributed by atoms with Crippen LogP contribution < -0.4 is 10.5 Å². The molecular formula is C45H35N3Si. The second-order valence-electron chi connectivity index (χ2n) is 14.6. The van der Waals surface area contributed by atoms with Gasteiger partial charge in [-0.05, 0) is 63.3 Å². The summed E-state index contributed by atoms with van der Waals surface area (Å²) in [4.78, 5) is 10.7. The molecule has 234 valence electrons. The predicted octanol–water partition coefficient (Wildman–Crippen LogP) is 10.0. The number of benzene rings is 6. The SMILES string of the molecule is CC1(C)c2ccccc2-c2cc3c4ccccc4n(-c4cccc(-c5nc(-c6ccccc6)nc6c5-c5ccccc5[Si]6(C)C)c4)c3cc21. The first-order valence-electron chi connectivity index (χ1n) is 17.2. The van der Waals surface area contributed by atoms with E-state index in [1.807, 2.05) is 0 Å². The minimum Gasteiger partial charge on any atom is -0.309 e. The molecule has 0 radical (unpaired) electrons. The van der Waals surface area contributed by atoms with Gasteiger partial charge in [-0.3, -0.25) is 0 Å². The summed E-state index contributed by atoms with van der Waals surface area (Å²) in [7, 11) is -2.06. The summed E-state index contributed by atoms with van der Waals surface area (Å²) in [6.45, 7) is 9.57. The van der Waals surface area contributed by atoms with Gasteiger partial charge in [0.2, 0.25) is 0 Å². The Balaban J connectivity index is 1.24. The molecule has 0 unspecified atom stereocenters. The number of hydrogen-bond acceptors (Lipinski definition) is 2. The van der Waals surface area contributed by atoms with E-state index in [2.05, 4.69) is 171 Å². The molecule has 6 aromatic carbocycles. The predicted molar refractivity (Wildman–Crippen MR) is 207 cm³/mol. The molecule has 2 aromatic heterocycles. The molecule has 10 rings (SSSR count). The van der Waals surface area contributed by atoms with Crippen LogP contribution in [0.5, 0.6) is 0 Å². The molecule has 49 heavy (non-hydrogen) atoms. The number of hydrogen-bond donors (Lipinski definition) is 0. The van der Waals surface area contributed by atoms with Crippen molar-refractivity contribution < 1.29 is 0 Å². The second-order valence-corrected chi connectivity index (χ2v) is 18.9. The average molecular weight is 646 g/mol. The largest absolute Gasteiger partial charge is 0.309 e. The van der Waals surface area contributed by atoms with E-state index in [1.165, 1.54) is 65.7 Å². The Morgan fingerprint density at radius 3 is 2.12 bits per heavy atom. The van der Waals surface area contributed by atoms with Gasteiger partial charge in [0.05, 0.1) is 16.7 Å². The van der Waals surface area contributed by atoms with Gasteiger partial charge < -0.3 is 4.57 Å². The third-order valence-corrected chi connectivity index (χ3v) is 14.5. The van der Waals surface area contributed by atoms with Gasteiger partial charge in [-0.1, -0.05) is 136 Å². The van der Waals surface area contributed by atoms with Crippen LogP contribution in [0, 0.1) is 0 Å². The molecule has 1 aliphatic heterocycles. The Morgan fingerprint density at radius 1 is 0.551 bits per heavy atom. The van der Waals surface area contributed by atoms with Crippen molar-refractivity contribution in [3.8, 4) is 50.6 Å². The standard InChI is InChI=1S/C45H35N3Si/c1-45(2)36-22-11-8-19-31(36)34-26-35-32-20-9-12-23-38(32)48(39(35)27-37(34)45)30-18-14-17-29(25-30)42-41-33-21-10-13-24-40(33)49(3,4)44(41)47-43(46-42)28-15-6-5-7-16-28/h5-27H,1-4H3. The van der Waals surface area contributed by atoms with Gasteiger partial charge in [-0.15, -0.1) is 0 Å². The molecule has 0 atom stereocenters. The monoisotopic (exact) mass is 645 g/mol. The number of para-hydroxylation sites is 1. The molecule has 0 saturated carbocycles. The summed E-state index contributed by atoms with van der Waals surface area (Å²) < 4.78 is 2.46. The van der Waals surface area contributed by atoms with Gasteiger partial charge in [0.15, 0.2) is 5.82 Å². The van der Waals surface area contributed by atoms with E-state index in [0.29, 0.717) is 0 Å². The Hall–Kier alpha value is -5.58. The fraction of sp³-hybridized carbons (Fsp3) is 0.111. The van der Waals surface area contributed by atoms with Crippen molar-refractivity contribution in [3.05, 3.63) is 151 Å². The van der Waals surface area contributed by atoms with Crippen molar-refractivity contribution >= 4 is 40.4 Å². The Labute approximate surface area is 287 Å². The molecular weight excluding hydrogens is 611 g/mol. The fourth-order valence-corrected chi connectivity index (χ4v) is 11.6. The maximum atomic E-state index is 5.39. The fourth-order valence-electron chi connectivity index (χ4n) is 8.70. The Morgan fingerprint density at radius 2 is 1.27 bits per heavy atom. The Bertz CT molecular complexity index is 2660. The highest BCUT2D eigenvalue weighted by atomic mass is 28.3. The normalized spacial score (nSPS) is 14.9. The van der Waals surface area contributed by atoms with Crippen LogP contribution in [0.1, 0.15) is 25.0 Å². The molecule has 4 heteroatoms. The second kappa shape index (κ2) is 9.97. The lowest BCUT2D eigenvalue weighted by molar-refractivity contribution is 0.661. The van der Waals surface area contributed by atoms with E-state index in [0.717, 1.165) is 28.3 Å². The highest BCUT2D eigenvalue weighted by Gasteiger charge is 2.41. The third-order valence-electron chi connectivity index (χ3n) is 11.2. The summed E-state index contributed by atoms with van der Waals surface area (Å²) in [6.07, 6.45) is 0. The van der Waals surface area contributed by atoms with Crippen molar-refractivity contribution in [2.45, 2.75) is 32.4 Å². The van der Waals surface area contributed by atoms with Gasteiger partial charge in [-0.25, -0.2) is 9.97 Å². The van der Waals surface area contributed by atoms with Crippen molar-refractivity contribution in [1.82, 2.24) is 14.5 Å². The summed E-state index contributed by atoms with van der Waals surface area (Å²) in [6, 6.07) is 51.0. The van der Waals surface area contributed by atoms with E-state index in [-0.39, 0.29) is 5.41 Å². The molecule has 1 aliphatic carbocycles. The van der Waals surface area contributed by atoms with Crippen molar-refractivity contribution in [2.75, 3.05) is 0 Å². The highest BCUT2D eigenvalue weighted by Crippen LogP contribution is 2.51. The van der Waals surface area contributed by atoms with E-state index in [1.54, 1.807) is 0 Å². The quantitative estimate of drug-likeness (QED) is 0.179. The van der Waals surface area contributed by atoms with Crippen LogP contribution in [0.2, 0.25) is 13.1 Å². The molecule has 8 aromatic rings. The molecule has 0 amide bonds. The van der Waals surface area contributed by atoms with Gasteiger partial charge in [0.25, 0.3) is 0 Å². The van der Waals surface area contributed by atoms with E-state index in [9.17, 15) is 0 Å². The van der Waals surface area contributed by atoms with E-state index in [4.69, 9.17) is 9.97 Å². The van der Waals surface area contributed by atoms with Crippen LogP contribution in [-0.2, 0) is 5.41 Å². The molecule has 3 heterocycles. The topological polar surface area (TPSA) is 30.7 Å². The summed E-state index contributed by atoms with van der Waals surface area (Å²) in [5, 5.41) is 5.20. The molecule has 0 fully saturated rings. The lowest BCUT2D eigenvalue weighted by atomic mass is 9.82. The summed E-state index contributed by atoms with van der Waals surface area (Å²) in [5.41, 5.74) is 14.6. The first kappa shape index (κ1) is 28.4. The number of rotatable bonds is 3. The van der Waals surface area contributed by atoms with Crippen LogP contribution >= 0.6 is 0 Å². The first-order valence-corrected chi connectivity index (χ1v) is 20.2. The van der Waals surface area contributed by atoms with Crippen molar-refractivity contribution in [1.29, 1.82) is 0 Å². The smallest absolute Gasteiger partial charge is 0.159 e. The molecule has 0 N–H and O–H groups in total. The Kier molecular flexibility index (Phi) is 5.79. The maximum absolute atomic E-state index is 5.39. The zero-order valence-electron chi connectivity index (χ0n) is 28.1. The maximum Gasteiger partial charge on any atom is 0.159 e. The molecule has 0 spiro atoms. The lowest BCUT2D eigenvalue weighted by Crippen LogP contribution is -2.50. The number of nitrogens with zero attached hydrogens (tertiary/aromatic N) is 3. The molecule has 0 bridgehead atoms. The van der Waals surface area contributed by atoms with Crippen LogP contribution in [-0.4, -0.2) is 22.6 Å². The highest BCUT2D eigenvalue weighted by molar-refractivity contribution is 7.03. The first-order chi connectivity index (χ1) is 23.8. The third kappa shape index (κ3) is 3.89. The molecule has 3 nitrogen and oxygen atoms in total.